The maximum Gasteiger partial charge on any atom is 0.133 e. The summed E-state index contributed by atoms with van der Waals surface area (Å²) in [6.45, 7) is 8.31. The minimum absolute atomic E-state index is 0.329. The number of hydrogen-bond donors (Lipinski definition) is 0. The Labute approximate surface area is 82.9 Å². The zero-order chi connectivity index (χ0) is 10.3. The van der Waals surface area contributed by atoms with E-state index in [9.17, 15) is 4.79 Å². The standard InChI is InChI=1S/C12H24O/c1-5-8-11(7-3)12(9-6-2)10(4)13/h11-12H,5-9H2,1-4H3/t11-,12+/m0/s1. The van der Waals surface area contributed by atoms with Gasteiger partial charge in [-0.25, -0.2) is 0 Å². The first kappa shape index (κ1) is 12.7. The van der Waals surface area contributed by atoms with E-state index in [1.54, 1.807) is 6.92 Å². The van der Waals surface area contributed by atoms with Gasteiger partial charge in [0.05, 0.1) is 0 Å². The molecule has 0 bridgehead atoms. The lowest BCUT2D eigenvalue weighted by atomic mass is 9.81. The molecule has 0 heterocycles. The highest BCUT2D eigenvalue weighted by Gasteiger charge is 2.22. The molecular formula is C12H24O. The van der Waals surface area contributed by atoms with Crippen molar-refractivity contribution in [3.8, 4) is 0 Å². The van der Waals surface area contributed by atoms with Crippen molar-refractivity contribution in [3.63, 3.8) is 0 Å². The molecule has 0 N–H and O–H groups in total. The molecule has 0 saturated carbocycles. The van der Waals surface area contributed by atoms with Crippen molar-refractivity contribution in [3.05, 3.63) is 0 Å². The Morgan fingerprint density at radius 3 is 1.92 bits per heavy atom. The van der Waals surface area contributed by atoms with Crippen LogP contribution in [-0.4, -0.2) is 5.78 Å². The molecule has 0 radical (unpaired) electrons. The van der Waals surface area contributed by atoms with Gasteiger partial charge in [-0.2, -0.15) is 0 Å². The van der Waals surface area contributed by atoms with Crippen LogP contribution in [0.4, 0.5) is 0 Å². The number of carbonyl (C=O) groups is 1. The molecule has 0 aromatic heterocycles. The Balaban J connectivity index is 4.20. The summed E-state index contributed by atoms with van der Waals surface area (Å²) in [5, 5.41) is 0. The second-order valence-electron chi connectivity index (χ2n) is 3.96. The summed E-state index contributed by atoms with van der Waals surface area (Å²) in [6, 6.07) is 0. The van der Waals surface area contributed by atoms with Gasteiger partial charge in [0.1, 0.15) is 5.78 Å². The Kier molecular flexibility index (Phi) is 6.93. The van der Waals surface area contributed by atoms with Gasteiger partial charge in [-0.1, -0.05) is 46.5 Å². The maximum atomic E-state index is 11.4. The summed E-state index contributed by atoms with van der Waals surface area (Å²) in [6.07, 6.45) is 5.77. The van der Waals surface area contributed by atoms with E-state index in [0.29, 0.717) is 17.6 Å². The second-order valence-corrected chi connectivity index (χ2v) is 3.96. The van der Waals surface area contributed by atoms with Gasteiger partial charge in [-0.3, -0.25) is 4.79 Å². The van der Waals surface area contributed by atoms with Crippen LogP contribution in [0.3, 0.4) is 0 Å². The van der Waals surface area contributed by atoms with Crippen molar-refractivity contribution in [1.82, 2.24) is 0 Å². The van der Waals surface area contributed by atoms with Crippen LogP contribution in [0.5, 0.6) is 0 Å². The van der Waals surface area contributed by atoms with E-state index >= 15 is 0 Å². The molecule has 0 aromatic carbocycles. The van der Waals surface area contributed by atoms with Crippen molar-refractivity contribution in [2.45, 2.75) is 59.8 Å². The number of hydrogen-bond acceptors (Lipinski definition) is 1. The van der Waals surface area contributed by atoms with Crippen LogP contribution in [-0.2, 0) is 4.79 Å². The SMILES string of the molecule is CCC[C@H](CC)[C@H](CCC)C(C)=O. The highest BCUT2D eigenvalue weighted by molar-refractivity contribution is 5.78. The van der Waals surface area contributed by atoms with Gasteiger partial charge >= 0.3 is 0 Å². The predicted octanol–water partition coefficient (Wildman–Crippen LogP) is 3.82. The number of carbonyl (C=O) groups excluding carboxylic acids is 1. The predicted molar refractivity (Wildman–Crippen MR) is 57.8 cm³/mol. The fourth-order valence-electron chi connectivity index (χ4n) is 2.14. The van der Waals surface area contributed by atoms with E-state index in [0.717, 1.165) is 19.3 Å². The van der Waals surface area contributed by atoms with E-state index in [1.165, 1.54) is 12.8 Å². The third-order valence-corrected chi connectivity index (χ3v) is 2.87. The van der Waals surface area contributed by atoms with E-state index in [-0.39, 0.29) is 0 Å². The molecule has 0 aliphatic rings. The van der Waals surface area contributed by atoms with Gasteiger partial charge in [-0.05, 0) is 19.3 Å². The molecule has 0 fully saturated rings. The van der Waals surface area contributed by atoms with Crippen LogP contribution in [0.15, 0.2) is 0 Å². The molecular weight excluding hydrogens is 160 g/mol. The van der Waals surface area contributed by atoms with Gasteiger partial charge in [0.25, 0.3) is 0 Å². The minimum atomic E-state index is 0.329. The normalized spacial score (nSPS) is 15.4. The number of rotatable bonds is 7. The fraction of sp³-hybridized carbons (Fsp3) is 0.917. The third-order valence-electron chi connectivity index (χ3n) is 2.87. The Morgan fingerprint density at radius 1 is 1.08 bits per heavy atom. The smallest absolute Gasteiger partial charge is 0.133 e. The van der Waals surface area contributed by atoms with Crippen LogP contribution in [0.25, 0.3) is 0 Å². The molecule has 1 nitrogen and oxygen atoms in total. The van der Waals surface area contributed by atoms with Gasteiger partial charge in [0.2, 0.25) is 0 Å². The summed E-state index contributed by atoms with van der Waals surface area (Å²) in [5.74, 6) is 1.35. The summed E-state index contributed by atoms with van der Waals surface area (Å²) in [7, 11) is 0. The summed E-state index contributed by atoms with van der Waals surface area (Å²) in [4.78, 5) is 11.4. The van der Waals surface area contributed by atoms with Crippen molar-refractivity contribution < 1.29 is 4.79 Å². The summed E-state index contributed by atoms with van der Waals surface area (Å²) >= 11 is 0. The molecule has 0 aliphatic heterocycles. The molecule has 1 heteroatoms. The highest BCUT2D eigenvalue weighted by Crippen LogP contribution is 2.26. The first-order valence-corrected chi connectivity index (χ1v) is 5.67. The van der Waals surface area contributed by atoms with E-state index in [4.69, 9.17) is 0 Å². The molecule has 0 saturated heterocycles. The van der Waals surface area contributed by atoms with Crippen LogP contribution in [0.1, 0.15) is 59.8 Å². The van der Waals surface area contributed by atoms with E-state index in [1.807, 2.05) is 0 Å². The first-order chi connectivity index (χ1) is 6.17. The molecule has 78 valence electrons. The maximum absolute atomic E-state index is 11.4. The molecule has 0 aliphatic carbocycles. The second kappa shape index (κ2) is 7.11. The van der Waals surface area contributed by atoms with Gasteiger partial charge in [-0.15, -0.1) is 0 Å². The Morgan fingerprint density at radius 2 is 1.62 bits per heavy atom. The molecule has 0 aromatic rings. The van der Waals surface area contributed by atoms with E-state index < -0.39 is 0 Å². The first-order valence-electron chi connectivity index (χ1n) is 5.67. The average Bonchev–Trinajstić information content (AvgIpc) is 2.10. The Hall–Kier alpha value is -0.330. The van der Waals surface area contributed by atoms with E-state index in [2.05, 4.69) is 20.8 Å². The molecule has 0 unspecified atom stereocenters. The molecule has 2 atom stereocenters. The lowest BCUT2D eigenvalue weighted by Gasteiger charge is -2.23. The quantitative estimate of drug-likeness (QED) is 0.588. The monoisotopic (exact) mass is 184 g/mol. The Bertz CT molecular complexity index is 140. The zero-order valence-corrected chi connectivity index (χ0v) is 9.60. The molecule has 0 amide bonds. The molecule has 13 heavy (non-hydrogen) atoms. The third kappa shape index (κ3) is 4.44. The van der Waals surface area contributed by atoms with Gasteiger partial charge in [0, 0.05) is 5.92 Å². The summed E-state index contributed by atoms with van der Waals surface area (Å²) < 4.78 is 0. The van der Waals surface area contributed by atoms with Gasteiger partial charge in [0.15, 0.2) is 0 Å². The van der Waals surface area contributed by atoms with Crippen molar-refractivity contribution in [2.24, 2.45) is 11.8 Å². The largest absolute Gasteiger partial charge is 0.300 e. The zero-order valence-electron chi connectivity index (χ0n) is 9.60. The average molecular weight is 184 g/mol. The lowest BCUT2D eigenvalue weighted by Crippen LogP contribution is -2.21. The number of ketones is 1. The highest BCUT2D eigenvalue weighted by atomic mass is 16.1. The van der Waals surface area contributed by atoms with Crippen LogP contribution < -0.4 is 0 Å². The van der Waals surface area contributed by atoms with Crippen LogP contribution in [0.2, 0.25) is 0 Å². The topological polar surface area (TPSA) is 17.1 Å². The van der Waals surface area contributed by atoms with Crippen molar-refractivity contribution in [1.29, 1.82) is 0 Å². The van der Waals surface area contributed by atoms with Crippen LogP contribution in [0, 0.1) is 11.8 Å². The van der Waals surface area contributed by atoms with Crippen LogP contribution >= 0.6 is 0 Å². The number of Topliss-reactive ketones (excluding diaryl/α,β-unsaturated/α-hetero) is 1. The fourth-order valence-corrected chi connectivity index (χ4v) is 2.14. The van der Waals surface area contributed by atoms with Crippen molar-refractivity contribution >= 4 is 5.78 Å². The lowest BCUT2D eigenvalue weighted by molar-refractivity contribution is -0.122. The molecule has 0 rings (SSSR count). The van der Waals surface area contributed by atoms with Crippen molar-refractivity contribution in [2.75, 3.05) is 0 Å². The minimum Gasteiger partial charge on any atom is -0.300 e. The summed E-state index contributed by atoms with van der Waals surface area (Å²) in [5.41, 5.74) is 0. The van der Waals surface area contributed by atoms with Gasteiger partial charge < -0.3 is 0 Å². The molecule has 0 spiro atoms.